The zero-order valence-electron chi connectivity index (χ0n) is 11.1. The highest BCUT2D eigenvalue weighted by Gasteiger charge is 2.07. The molecule has 1 N–H and O–H groups in total. The number of aromatic nitrogens is 2. The number of rotatable bonds is 4. The Morgan fingerprint density at radius 1 is 1.16 bits per heavy atom. The highest BCUT2D eigenvalue weighted by atomic mass is 19.1. The maximum atomic E-state index is 13.6. The normalized spacial score (nSPS) is 10.6. The fraction of sp³-hybridized carbons (Fsp3) is 0.286. The van der Waals surface area contributed by atoms with Crippen molar-refractivity contribution in [3.63, 3.8) is 0 Å². The van der Waals surface area contributed by atoms with Gasteiger partial charge < -0.3 is 10.1 Å². The molecule has 0 fully saturated rings. The largest absolute Gasteiger partial charge is 0.494 e. The second-order valence-electron chi connectivity index (χ2n) is 4.45. The standard InChI is InChI=1S/C14H16FN3O/c1-9(2)16-14-7-5-12(17-18-14)10-4-6-13(19-3)11(15)8-10/h4-9H,1-3H3,(H,16,18). The van der Waals surface area contributed by atoms with E-state index in [4.69, 9.17) is 4.74 Å². The van der Waals surface area contributed by atoms with Gasteiger partial charge in [0.2, 0.25) is 0 Å². The molecule has 0 aliphatic heterocycles. The van der Waals surface area contributed by atoms with Gasteiger partial charge in [0.25, 0.3) is 0 Å². The Bertz CT molecular complexity index is 555. The van der Waals surface area contributed by atoms with Crippen molar-refractivity contribution in [2.75, 3.05) is 12.4 Å². The zero-order valence-corrected chi connectivity index (χ0v) is 11.1. The molecule has 0 amide bonds. The van der Waals surface area contributed by atoms with Crippen LogP contribution in [-0.2, 0) is 0 Å². The number of methoxy groups -OCH3 is 1. The summed E-state index contributed by atoms with van der Waals surface area (Å²) in [6, 6.07) is 8.63. The fourth-order valence-corrected chi connectivity index (χ4v) is 1.68. The van der Waals surface area contributed by atoms with Crippen LogP contribution in [0.5, 0.6) is 5.75 Å². The molecule has 0 saturated heterocycles. The molecule has 0 radical (unpaired) electrons. The Kier molecular flexibility index (Phi) is 3.94. The monoisotopic (exact) mass is 261 g/mol. The van der Waals surface area contributed by atoms with Crippen LogP contribution in [0, 0.1) is 5.82 Å². The number of halogens is 1. The van der Waals surface area contributed by atoms with Crippen molar-refractivity contribution in [1.82, 2.24) is 10.2 Å². The Balaban J connectivity index is 2.24. The topological polar surface area (TPSA) is 47.0 Å². The minimum absolute atomic E-state index is 0.217. The van der Waals surface area contributed by atoms with Gasteiger partial charge in [0.15, 0.2) is 11.6 Å². The lowest BCUT2D eigenvalue weighted by atomic mass is 10.1. The molecule has 2 aromatic rings. The van der Waals surface area contributed by atoms with Gasteiger partial charge in [-0.05, 0) is 44.2 Å². The number of anilines is 1. The average molecular weight is 261 g/mol. The minimum atomic E-state index is -0.411. The van der Waals surface area contributed by atoms with Crippen LogP contribution in [-0.4, -0.2) is 23.3 Å². The Morgan fingerprint density at radius 3 is 2.47 bits per heavy atom. The number of nitrogens with zero attached hydrogens (tertiary/aromatic N) is 2. The van der Waals surface area contributed by atoms with Crippen molar-refractivity contribution in [2.24, 2.45) is 0 Å². The number of hydrogen-bond donors (Lipinski definition) is 1. The van der Waals surface area contributed by atoms with E-state index in [1.165, 1.54) is 13.2 Å². The highest BCUT2D eigenvalue weighted by molar-refractivity contribution is 5.60. The van der Waals surface area contributed by atoms with Gasteiger partial charge in [-0.25, -0.2) is 4.39 Å². The second kappa shape index (κ2) is 5.65. The zero-order chi connectivity index (χ0) is 13.8. The second-order valence-corrected chi connectivity index (χ2v) is 4.45. The summed E-state index contributed by atoms with van der Waals surface area (Å²) in [5.74, 6) is 0.508. The van der Waals surface area contributed by atoms with Gasteiger partial charge in [0.1, 0.15) is 5.82 Å². The third-order valence-electron chi connectivity index (χ3n) is 2.55. The third-order valence-corrected chi connectivity index (χ3v) is 2.55. The lowest BCUT2D eigenvalue weighted by molar-refractivity contribution is 0.386. The third kappa shape index (κ3) is 3.19. The van der Waals surface area contributed by atoms with Gasteiger partial charge in [-0.15, -0.1) is 10.2 Å². The van der Waals surface area contributed by atoms with Crippen LogP contribution in [0.25, 0.3) is 11.3 Å². The first-order chi connectivity index (χ1) is 9.10. The highest BCUT2D eigenvalue weighted by Crippen LogP contribution is 2.24. The van der Waals surface area contributed by atoms with Crippen LogP contribution in [0.3, 0.4) is 0 Å². The van der Waals surface area contributed by atoms with Crippen LogP contribution < -0.4 is 10.1 Å². The number of benzene rings is 1. The molecule has 0 spiro atoms. The van der Waals surface area contributed by atoms with E-state index in [1.54, 1.807) is 18.2 Å². The molecule has 4 nitrogen and oxygen atoms in total. The summed E-state index contributed by atoms with van der Waals surface area (Å²) in [5, 5.41) is 11.3. The van der Waals surface area contributed by atoms with E-state index in [9.17, 15) is 4.39 Å². The Labute approximate surface area is 111 Å². The van der Waals surface area contributed by atoms with Crippen LogP contribution in [0.1, 0.15) is 13.8 Å². The molecular formula is C14H16FN3O. The quantitative estimate of drug-likeness (QED) is 0.918. The summed E-state index contributed by atoms with van der Waals surface area (Å²) in [5.41, 5.74) is 1.29. The van der Waals surface area contributed by atoms with E-state index in [0.29, 0.717) is 23.1 Å². The summed E-state index contributed by atoms with van der Waals surface area (Å²) in [4.78, 5) is 0. The maximum Gasteiger partial charge on any atom is 0.165 e. The summed E-state index contributed by atoms with van der Waals surface area (Å²) in [6.45, 7) is 4.04. The first kappa shape index (κ1) is 13.3. The van der Waals surface area contributed by atoms with Crippen molar-refractivity contribution in [3.8, 4) is 17.0 Å². The molecule has 19 heavy (non-hydrogen) atoms. The van der Waals surface area contributed by atoms with Gasteiger partial charge in [-0.3, -0.25) is 0 Å². The van der Waals surface area contributed by atoms with Crippen LogP contribution in [0.4, 0.5) is 10.2 Å². The minimum Gasteiger partial charge on any atom is -0.494 e. The Morgan fingerprint density at radius 2 is 1.95 bits per heavy atom. The van der Waals surface area contributed by atoms with E-state index < -0.39 is 5.82 Å². The molecule has 0 unspecified atom stereocenters. The number of ether oxygens (including phenoxy) is 1. The van der Waals surface area contributed by atoms with E-state index in [-0.39, 0.29) is 5.75 Å². The molecule has 0 bridgehead atoms. The van der Waals surface area contributed by atoms with E-state index in [0.717, 1.165) is 0 Å². The van der Waals surface area contributed by atoms with Crippen molar-refractivity contribution in [3.05, 3.63) is 36.1 Å². The van der Waals surface area contributed by atoms with Gasteiger partial charge in [0, 0.05) is 11.6 Å². The molecule has 1 aromatic carbocycles. The molecule has 0 aliphatic carbocycles. The summed E-state index contributed by atoms with van der Waals surface area (Å²) in [7, 11) is 1.43. The molecule has 0 atom stereocenters. The van der Waals surface area contributed by atoms with E-state index in [1.807, 2.05) is 19.9 Å². The first-order valence-corrected chi connectivity index (χ1v) is 6.04. The van der Waals surface area contributed by atoms with Crippen LogP contribution in [0.15, 0.2) is 30.3 Å². The SMILES string of the molecule is COc1ccc(-c2ccc(NC(C)C)nn2)cc1F. The van der Waals surface area contributed by atoms with E-state index in [2.05, 4.69) is 15.5 Å². The van der Waals surface area contributed by atoms with E-state index >= 15 is 0 Å². The molecule has 100 valence electrons. The van der Waals surface area contributed by atoms with Crippen molar-refractivity contribution in [1.29, 1.82) is 0 Å². The number of nitrogens with one attached hydrogen (secondary N) is 1. The maximum absolute atomic E-state index is 13.6. The molecule has 0 aliphatic rings. The van der Waals surface area contributed by atoms with Gasteiger partial charge in [-0.2, -0.15) is 0 Å². The fourth-order valence-electron chi connectivity index (χ4n) is 1.68. The van der Waals surface area contributed by atoms with Crippen LogP contribution in [0.2, 0.25) is 0 Å². The Hall–Kier alpha value is -2.17. The molecule has 5 heteroatoms. The van der Waals surface area contributed by atoms with Crippen molar-refractivity contribution < 1.29 is 9.13 Å². The smallest absolute Gasteiger partial charge is 0.165 e. The molecule has 0 saturated carbocycles. The predicted molar refractivity (Wildman–Crippen MR) is 72.7 cm³/mol. The lowest BCUT2D eigenvalue weighted by Gasteiger charge is -2.08. The summed E-state index contributed by atoms with van der Waals surface area (Å²) < 4.78 is 18.5. The molecule has 2 rings (SSSR count). The van der Waals surface area contributed by atoms with Crippen molar-refractivity contribution in [2.45, 2.75) is 19.9 Å². The lowest BCUT2D eigenvalue weighted by Crippen LogP contribution is -2.11. The molecule has 1 heterocycles. The molecular weight excluding hydrogens is 245 g/mol. The summed E-state index contributed by atoms with van der Waals surface area (Å²) in [6.07, 6.45) is 0. The van der Waals surface area contributed by atoms with Gasteiger partial charge in [-0.1, -0.05) is 0 Å². The summed E-state index contributed by atoms with van der Waals surface area (Å²) >= 11 is 0. The first-order valence-electron chi connectivity index (χ1n) is 6.04. The average Bonchev–Trinajstić information content (AvgIpc) is 2.39. The molecule has 1 aromatic heterocycles. The van der Waals surface area contributed by atoms with Crippen molar-refractivity contribution >= 4 is 5.82 Å². The van der Waals surface area contributed by atoms with Crippen LogP contribution >= 0.6 is 0 Å². The number of hydrogen-bond acceptors (Lipinski definition) is 4. The van der Waals surface area contributed by atoms with Gasteiger partial charge in [0.05, 0.1) is 12.8 Å². The predicted octanol–water partition coefficient (Wildman–Crippen LogP) is 3.11. The van der Waals surface area contributed by atoms with Gasteiger partial charge >= 0.3 is 0 Å².